The van der Waals surface area contributed by atoms with Crippen molar-refractivity contribution in [1.29, 1.82) is 5.26 Å². The Hall–Kier alpha value is -4.06. The van der Waals surface area contributed by atoms with Crippen LogP contribution in [0, 0.1) is 11.3 Å². The van der Waals surface area contributed by atoms with Gasteiger partial charge in [0.15, 0.2) is 17.1 Å². The van der Waals surface area contributed by atoms with Gasteiger partial charge in [-0.05, 0) is 53.8 Å². The van der Waals surface area contributed by atoms with Gasteiger partial charge in [0.25, 0.3) is 0 Å². The molecule has 8 nitrogen and oxygen atoms in total. The fraction of sp³-hybridized carbons (Fsp3) is 0.250. The van der Waals surface area contributed by atoms with Gasteiger partial charge in [-0.3, -0.25) is 4.79 Å². The van der Waals surface area contributed by atoms with Gasteiger partial charge in [-0.2, -0.15) is 5.26 Å². The van der Waals surface area contributed by atoms with E-state index in [9.17, 15) is 10.1 Å². The zero-order chi connectivity index (χ0) is 25.5. The highest BCUT2D eigenvalue weighted by molar-refractivity contribution is 6.36. The van der Waals surface area contributed by atoms with Crippen LogP contribution >= 0.6 is 11.6 Å². The summed E-state index contributed by atoms with van der Waals surface area (Å²) >= 11 is 6.87. The third-order valence-electron chi connectivity index (χ3n) is 6.81. The van der Waals surface area contributed by atoms with Crippen LogP contribution in [-0.4, -0.2) is 35.8 Å². The SMILES string of the molecule is N#Cc1c2c(cc3nc(-c4cccc(-c5ccc6c(c5)OCCO6)c4Cl)oc13)C(NCCC(=O)O)CC2. The van der Waals surface area contributed by atoms with Gasteiger partial charge >= 0.3 is 5.97 Å². The largest absolute Gasteiger partial charge is 0.486 e. The van der Waals surface area contributed by atoms with Gasteiger partial charge in [0.2, 0.25) is 5.89 Å². The highest BCUT2D eigenvalue weighted by atomic mass is 35.5. The Balaban J connectivity index is 1.38. The first-order chi connectivity index (χ1) is 18.0. The van der Waals surface area contributed by atoms with Crippen molar-refractivity contribution in [1.82, 2.24) is 10.3 Å². The van der Waals surface area contributed by atoms with Crippen LogP contribution in [-0.2, 0) is 11.2 Å². The number of hydrogen-bond acceptors (Lipinski definition) is 7. The van der Waals surface area contributed by atoms with Gasteiger partial charge in [0.05, 0.1) is 17.0 Å². The van der Waals surface area contributed by atoms with Crippen molar-refractivity contribution in [3.8, 4) is 40.1 Å². The smallest absolute Gasteiger partial charge is 0.304 e. The summed E-state index contributed by atoms with van der Waals surface area (Å²) in [7, 11) is 0. The highest BCUT2D eigenvalue weighted by Gasteiger charge is 2.29. The number of halogens is 1. The van der Waals surface area contributed by atoms with E-state index in [1.165, 1.54) is 0 Å². The number of oxazole rings is 1. The van der Waals surface area contributed by atoms with Crippen molar-refractivity contribution in [3.63, 3.8) is 0 Å². The molecule has 6 rings (SSSR count). The monoisotopic (exact) mass is 515 g/mol. The minimum Gasteiger partial charge on any atom is -0.486 e. The number of nitriles is 1. The van der Waals surface area contributed by atoms with Crippen LogP contribution in [0.3, 0.4) is 0 Å². The van der Waals surface area contributed by atoms with E-state index in [1.54, 1.807) is 0 Å². The van der Waals surface area contributed by atoms with Crippen molar-refractivity contribution in [2.75, 3.05) is 19.8 Å². The number of carbonyl (C=O) groups is 1. The molecule has 1 atom stereocenters. The molecule has 0 saturated carbocycles. The zero-order valence-corrected chi connectivity index (χ0v) is 20.5. The molecule has 3 aromatic carbocycles. The predicted octanol–water partition coefficient (Wildman–Crippen LogP) is 5.51. The fourth-order valence-corrected chi connectivity index (χ4v) is 5.39. The van der Waals surface area contributed by atoms with Crippen LogP contribution in [0.15, 0.2) is 46.9 Å². The molecule has 0 fully saturated rings. The van der Waals surface area contributed by atoms with E-state index in [0.29, 0.717) is 70.8 Å². The van der Waals surface area contributed by atoms with E-state index in [2.05, 4.69) is 11.4 Å². The Morgan fingerprint density at radius 3 is 2.78 bits per heavy atom. The van der Waals surface area contributed by atoms with Crippen molar-refractivity contribution >= 4 is 28.7 Å². The number of nitrogens with one attached hydrogen (secondary N) is 1. The summed E-state index contributed by atoms with van der Waals surface area (Å²) in [5, 5.41) is 22.7. The molecule has 1 aliphatic carbocycles. The number of ether oxygens (including phenoxy) is 2. The molecule has 1 unspecified atom stereocenters. The average molecular weight is 516 g/mol. The second-order valence-corrected chi connectivity index (χ2v) is 9.39. The molecule has 9 heteroatoms. The summed E-state index contributed by atoms with van der Waals surface area (Å²) in [4.78, 5) is 15.6. The zero-order valence-electron chi connectivity index (χ0n) is 19.7. The Kier molecular flexibility index (Phi) is 5.95. The Morgan fingerprint density at radius 1 is 1.16 bits per heavy atom. The highest BCUT2D eigenvalue weighted by Crippen LogP contribution is 2.42. The molecule has 2 aliphatic rings. The first-order valence-electron chi connectivity index (χ1n) is 12.0. The van der Waals surface area contributed by atoms with E-state index in [4.69, 9.17) is 35.6 Å². The van der Waals surface area contributed by atoms with E-state index in [-0.39, 0.29) is 12.5 Å². The van der Waals surface area contributed by atoms with Crippen LogP contribution in [0.25, 0.3) is 33.7 Å². The van der Waals surface area contributed by atoms with E-state index < -0.39 is 5.97 Å². The topological polar surface area (TPSA) is 118 Å². The molecule has 0 spiro atoms. The number of aromatic nitrogens is 1. The molecule has 0 saturated heterocycles. The quantitative estimate of drug-likeness (QED) is 0.345. The van der Waals surface area contributed by atoms with Crippen molar-refractivity contribution in [3.05, 3.63) is 64.2 Å². The first-order valence-corrected chi connectivity index (χ1v) is 12.4. The summed E-state index contributed by atoms with van der Waals surface area (Å²) in [6, 6.07) is 15.5. The van der Waals surface area contributed by atoms with E-state index in [1.807, 2.05) is 42.5 Å². The lowest BCUT2D eigenvalue weighted by Gasteiger charge is -2.19. The Labute approximate surface area is 217 Å². The third-order valence-corrected chi connectivity index (χ3v) is 7.21. The van der Waals surface area contributed by atoms with Gasteiger partial charge in [0.1, 0.15) is 30.4 Å². The molecule has 37 heavy (non-hydrogen) atoms. The van der Waals surface area contributed by atoms with Crippen LogP contribution in [0.2, 0.25) is 5.02 Å². The molecule has 0 radical (unpaired) electrons. The second-order valence-electron chi connectivity index (χ2n) is 9.01. The maximum atomic E-state index is 10.9. The summed E-state index contributed by atoms with van der Waals surface area (Å²) in [6.07, 6.45) is 1.52. The molecule has 186 valence electrons. The number of nitrogens with zero attached hydrogens (tertiary/aromatic N) is 2. The lowest BCUT2D eigenvalue weighted by atomic mass is 10.0. The number of carboxylic acid groups (broad SMARTS) is 1. The molecule has 0 bridgehead atoms. The first kappa shape index (κ1) is 23.3. The number of benzene rings is 3. The lowest BCUT2D eigenvalue weighted by molar-refractivity contribution is -0.136. The number of hydrogen-bond donors (Lipinski definition) is 2. The van der Waals surface area contributed by atoms with Crippen LogP contribution in [0.1, 0.15) is 35.6 Å². The number of carboxylic acids is 1. The molecule has 2 heterocycles. The normalized spacial score (nSPS) is 15.9. The fourth-order valence-electron chi connectivity index (χ4n) is 5.08. The van der Waals surface area contributed by atoms with E-state index >= 15 is 0 Å². The van der Waals surface area contributed by atoms with Gasteiger partial charge in [-0.1, -0.05) is 29.8 Å². The minimum absolute atomic E-state index is 0.0332. The maximum absolute atomic E-state index is 10.9. The van der Waals surface area contributed by atoms with Crippen molar-refractivity contribution < 1.29 is 23.8 Å². The molecular weight excluding hydrogens is 494 g/mol. The summed E-state index contributed by atoms with van der Waals surface area (Å²) < 4.78 is 17.5. The summed E-state index contributed by atoms with van der Waals surface area (Å²) in [6.45, 7) is 1.37. The lowest BCUT2D eigenvalue weighted by Crippen LogP contribution is -2.22. The van der Waals surface area contributed by atoms with Gasteiger partial charge < -0.3 is 24.3 Å². The molecule has 1 aliphatic heterocycles. The molecule has 2 N–H and O–H groups in total. The van der Waals surface area contributed by atoms with Crippen LogP contribution in [0.4, 0.5) is 0 Å². The van der Waals surface area contributed by atoms with Crippen LogP contribution < -0.4 is 14.8 Å². The van der Waals surface area contributed by atoms with Crippen LogP contribution in [0.5, 0.6) is 11.5 Å². The second kappa shape index (κ2) is 9.43. The van der Waals surface area contributed by atoms with Gasteiger partial charge in [0, 0.05) is 18.2 Å². The average Bonchev–Trinajstić information content (AvgIpc) is 3.51. The third kappa shape index (κ3) is 4.16. The van der Waals surface area contributed by atoms with E-state index in [0.717, 1.165) is 28.7 Å². The molecule has 4 aromatic rings. The summed E-state index contributed by atoms with van der Waals surface area (Å²) in [5.74, 6) is 0.853. The standard InChI is InChI=1S/C28H22ClN3O5/c29-26-16(15-4-7-23-24(12-15)36-11-10-35-23)2-1-3-18(26)28-32-22-13-19-17(20(14-30)27(22)37-28)5-6-21(19)31-9-8-25(33)34/h1-4,7,12-13,21,31H,5-6,8-11H2,(H,33,34). The molecular formula is C28H22ClN3O5. The minimum atomic E-state index is -0.851. The number of rotatable bonds is 6. The predicted molar refractivity (Wildman–Crippen MR) is 137 cm³/mol. The van der Waals surface area contributed by atoms with Gasteiger partial charge in [-0.15, -0.1) is 0 Å². The Morgan fingerprint density at radius 2 is 1.97 bits per heavy atom. The maximum Gasteiger partial charge on any atom is 0.304 e. The molecule has 0 amide bonds. The summed E-state index contributed by atoms with van der Waals surface area (Å²) in [5.41, 5.74) is 5.63. The Bertz CT molecular complexity index is 1590. The molecule has 1 aromatic heterocycles. The van der Waals surface area contributed by atoms with Crippen molar-refractivity contribution in [2.45, 2.75) is 25.3 Å². The number of aliphatic carboxylic acids is 1. The number of fused-ring (bicyclic) bond motifs is 3. The van der Waals surface area contributed by atoms with Gasteiger partial charge in [-0.25, -0.2) is 4.98 Å². The van der Waals surface area contributed by atoms with Crippen molar-refractivity contribution in [2.24, 2.45) is 0 Å².